The number of H-pyrrole nitrogens is 1. The van der Waals surface area contributed by atoms with Crippen molar-refractivity contribution < 1.29 is 0 Å². The van der Waals surface area contributed by atoms with Crippen LogP contribution in [-0.4, -0.2) is 16.5 Å². The maximum absolute atomic E-state index is 4.23. The second-order valence-corrected chi connectivity index (χ2v) is 4.91. The van der Waals surface area contributed by atoms with Crippen molar-refractivity contribution in [2.45, 2.75) is 39.2 Å². The summed E-state index contributed by atoms with van der Waals surface area (Å²) in [6, 6.07) is 9.29. The van der Waals surface area contributed by atoms with Gasteiger partial charge in [0.15, 0.2) is 0 Å². The number of benzene rings is 1. The van der Waals surface area contributed by atoms with Crippen LogP contribution in [0.25, 0.3) is 0 Å². The lowest BCUT2D eigenvalue weighted by Crippen LogP contribution is -2.20. The molecule has 2 N–H and O–H groups in total. The van der Waals surface area contributed by atoms with Crippen LogP contribution < -0.4 is 5.32 Å². The van der Waals surface area contributed by atoms with Crippen molar-refractivity contribution in [2.75, 3.05) is 6.54 Å². The van der Waals surface area contributed by atoms with Crippen molar-refractivity contribution in [3.05, 3.63) is 53.6 Å². The Kier molecular flexibility index (Phi) is 5.16. The molecule has 0 fully saturated rings. The Hall–Kier alpha value is -1.61. The monoisotopic (exact) mass is 257 g/mol. The number of aromatic amines is 1. The first kappa shape index (κ1) is 13.8. The van der Waals surface area contributed by atoms with Gasteiger partial charge < -0.3 is 10.3 Å². The van der Waals surface area contributed by atoms with Crippen LogP contribution in [-0.2, 0) is 12.8 Å². The van der Waals surface area contributed by atoms with E-state index in [9.17, 15) is 0 Å². The minimum atomic E-state index is 0.405. The standard InChI is InChI=1S/C16H23N3/c1-3-14-6-8-15(9-7-14)13(2)17-10-4-5-16-18-11-12-19-16/h6-9,11-13,17H,3-5,10H2,1-2H3,(H,18,19). The number of imidazole rings is 1. The lowest BCUT2D eigenvalue weighted by Gasteiger charge is -2.14. The van der Waals surface area contributed by atoms with Gasteiger partial charge in [0.25, 0.3) is 0 Å². The molecule has 1 atom stereocenters. The number of aryl methyl sites for hydroxylation is 2. The van der Waals surface area contributed by atoms with Gasteiger partial charge in [-0.1, -0.05) is 31.2 Å². The van der Waals surface area contributed by atoms with E-state index in [0.29, 0.717) is 6.04 Å². The Balaban J connectivity index is 1.72. The number of hydrogen-bond donors (Lipinski definition) is 2. The summed E-state index contributed by atoms with van der Waals surface area (Å²) in [4.78, 5) is 7.36. The number of aromatic nitrogens is 2. The zero-order valence-corrected chi connectivity index (χ0v) is 11.8. The summed E-state index contributed by atoms with van der Waals surface area (Å²) in [5.74, 6) is 1.07. The highest BCUT2D eigenvalue weighted by Gasteiger charge is 2.04. The van der Waals surface area contributed by atoms with E-state index in [1.165, 1.54) is 11.1 Å². The molecule has 0 bridgehead atoms. The Morgan fingerprint density at radius 1 is 1.26 bits per heavy atom. The molecule has 19 heavy (non-hydrogen) atoms. The maximum atomic E-state index is 4.23. The molecule has 0 saturated carbocycles. The highest BCUT2D eigenvalue weighted by molar-refractivity contribution is 5.24. The predicted octanol–water partition coefficient (Wildman–Crippen LogP) is 3.26. The van der Waals surface area contributed by atoms with E-state index in [2.05, 4.69) is 53.4 Å². The number of nitrogens with zero attached hydrogens (tertiary/aromatic N) is 1. The zero-order valence-electron chi connectivity index (χ0n) is 11.8. The summed E-state index contributed by atoms with van der Waals surface area (Å²) in [6.45, 7) is 5.41. The van der Waals surface area contributed by atoms with E-state index in [1.54, 1.807) is 6.20 Å². The third-order valence-electron chi connectivity index (χ3n) is 3.48. The molecule has 2 rings (SSSR count). The molecule has 1 aromatic carbocycles. The van der Waals surface area contributed by atoms with Gasteiger partial charge in [0, 0.05) is 24.9 Å². The molecular weight excluding hydrogens is 234 g/mol. The summed E-state index contributed by atoms with van der Waals surface area (Å²) in [5, 5.41) is 3.56. The molecule has 0 amide bonds. The van der Waals surface area contributed by atoms with Crippen LogP contribution in [0.15, 0.2) is 36.7 Å². The number of nitrogens with one attached hydrogen (secondary N) is 2. The van der Waals surface area contributed by atoms with Crippen LogP contribution in [0.3, 0.4) is 0 Å². The van der Waals surface area contributed by atoms with Crippen LogP contribution in [0.5, 0.6) is 0 Å². The Bertz CT molecular complexity index is 459. The van der Waals surface area contributed by atoms with E-state index in [-0.39, 0.29) is 0 Å². The van der Waals surface area contributed by atoms with Crippen LogP contribution in [0.1, 0.15) is 43.3 Å². The van der Waals surface area contributed by atoms with Crippen LogP contribution in [0.4, 0.5) is 0 Å². The smallest absolute Gasteiger partial charge is 0.106 e. The highest BCUT2D eigenvalue weighted by atomic mass is 14.9. The third kappa shape index (κ3) is 4.21. The molecule has 1 unspecified atom stereocenters. The lowest BCUT2D eigenvalue weighted by molar-refractivity contribution is 0.555. The molecule has 0 aliphatic carbocycles. The first-order valence-electron chi connectivity index (χ1n) is 7.10. The summed E-state index contributed by atoms with van der Waals surface area (Å²) in [6.07, 6.45) is 6.89. The minimum absolute atomic E-state index is 0.405. The van der Waals surface area contributed by atoms with Crippen molar-refractivity contribution in [2.24, 2.45) is 0 Å². The molecule has 0 spiro atoms. The van der Waals surface area contributed by atoms with E-state index in [4.69, 9.17) is 0 Å². The largest absolute Gasteiger partial charge is 0.349 e. The summed E-state index contributed by atoms with van der Waals surface area (Å²) < 4.78 is 0. The quantitative estimate of drug-likeness (QED) is 0.747. The topological polar surface area (TPSA) is 40.7 Å². The predicted molar refractivity (Wildman–Crippen MR) is 79.1 cm³/mol. The Labute approximate surface area is 115 Å². The maximum Gasteiger partial charge on any atom is 0.106 e. The summed E-state index contributed by atoms with van der Waals surface area (Å²) >= 11 is 0. The molecule has 0 aliphatic heterocycles. The molecule has 1 heterocycles. The van der Waals surface area contributed by atoms with E-state index >= 15 is 0 Å². The fourth-order valence-electron chi connectivity index (χ4n) is 2.17. The number of hydrogen-bond acceptors (Lipinski definition) is 2. The van der Waals surface area contributed by atoms with Gasteiger partial charge in [-0.25, -0.2) is 4.98 Å². The summed E-state index contributed by atoms with van der Waals surface area (Å²) in [5.41, 5.74) is 2.75. The van der Waals surface area contributed by atoms with Gasteiger partial charge in [-0.3, -0.25) is 0 Å². The van der Waals surface area contributed by atoms with E-state index < -0.39 is 0 Å². The van der Waals surface area contributed by atoms with Gasteiger partial charge in [-0.2, -0.15) is 0 Å². The van der Waals surface area contributed by atoms with Gasteiger partial charge in [-0.15, -0.1) is 0 Å². The minimum Gasteiger partial charge on any atom is -0.349 e. The van der Waals surface area contributed by atoms with E-state index in [0.717, 1.165) is 31.6 Å². The van der Waals surface area contributed by atoms with E-state index in [1.807, 2.05) is 6.20 Å². The Morgan fingerprint density at radius 3 is 2.68 bits per heavy atom. The zero-order chi connectivity index (χ0) is 13.5. The molecular formula is C16H23N3. The number of rotatable bonds is 7. The second-order valence-electron chi connectivity index (χ2n) is 4.91. The van der Waals surface area contributed by atoms with Gasteiger partial charge in [0.05, 0.1) is 0 Å². The molecule has 0 saturated heterocycles. The average Bonchev–Trinajstić information content (AvgIpc) is 2.96. The van der Waals surface area contributed by atoms with Crippen molar-refractivity contribution in [3.8, 4) is 0 Å². The SMILES string of the molecule is CCc1ccc(C(C)NCCCc2ncc[nH]2)cc1. The molecule has 0 radical (unpaired) electrons. The van der Waals surface area contributed by atoms with Gasteiger partial charge in [-0.05, 0) is 37.4 Å². The molecule has 2 aromatic rings. The van der Waals surface area contributed by atoms with Gasteiger partial charge in [0.2, 0.25) is 0 Å². The molecule has 3 heteroatoms. The van der Waals surface area contributed by atoms with Crippen LogP contribution in [0.2, 0.25) is 0 Å². The third-order valence-corrected chi connectivity index (χ3v) is 3.48. The van der Waals surface area contributed by atoms with Gasteiger partial charge >= 0.3 is 0 Å². The fourth-order valence-corrected chi connectivity index (χ4v) is 2.17. The summed E-state index contributed by atoms with van der Waals surface area (Å²) in [7, 11) is 0. The van der Waals surface area contributed by atoms with Crippen molar-refractivity contribution in [1.82, 2.24) is 15.3 Å². The molecule has 0 aliphatic rings. The fraction of sp³-hybridized carbons (Fsp3) is 0.438. The van der Waals surface area contributed by atoms with Crippen molar-refractivity contribution in [3.63, 3.8) is 0 Å². The lowest BCUT2D eigenvalue weighted by atomic mass is 10.0. The first-order chi connectivity index (χ1) is 9.29. The average molecular weight is 257 g/mol. The van der Waals surface area contributed by atoms with Crippen molar-refractivity contribution in [1.29, 1.82) is 0 Å². The molecule has 102 valence electrons. The van der Waals surface area contributed by atoms with Gasteiger partial charge in [0.1, 0.15) is 5.82 Å². The highest BCUT2D eigenvalue weighted by Crippen LogP contribution is 2.13. The normalized spacial score (nSPS) is 12.5. The van der Waals surface area contributed by atoms with Crippen LogP contribution in [0, 0.1) is 0 Å². The first-order valence-corrected chi connectivity index (χ1v) is 7.10. The molecule has 3 nitrogen and oxygen atoms in total. The molecule has 1 aromatic heterocycles. The Morgan fingerprint density at radius 2 is 2.05 bits per heavy atom. The second kappa shape index (κ2) is 7.10. The van der Waals surface area contributed by atoms with Crippen molar-refractivity contribution >= 4 is 0 Å². The van der Waals surface area contributed by atoms with Crippen LogP contribution >= 0.6 is 0 Å².